The first-order valence-corrected chi connectivity index (χ1v) is 16.9. The van der Waals surface area contributed by atoms with Crippen LogP contribution in [-0.2, 0) is 47.5 Å². The Kier molecular flexibility index (Phi) is 15.2. The third-order valence-electron chi connectivity index (χ3n) is 9.37. The molecule has 3 amide bonds. The van der Waals surface area contributed by atoms with Crippen molar-refractivity contribution >= 4 is 17.7 Å². The number of carbonyl (C=O) groups excluding carboxylic acids is 3. The van der Waals surface area contributed by atoms with Crippen molar-refractivity contribution in [2.75, 3.05) is 19.8 Å². The second-order valence-corrected chi connectivity index (χ2v) is 13.3. The van der Waals surface area contributed by atoms with Crippen molar-refractivity contribution in [2.24, 2.45) is 0 Å². The Morgan fingerprint density at radius 1 is 0.491 bits per heavy atom. The minimum Gasteiger partial charge on any atom is -0.394 e. The van der Waals surface area contributed by atoms with Gasteiger partial charge in [0.2, 0.25) is 17.7 Å². The van der Waals surface area contributed by atoms with Gasteiger partial charge >= 0.3 is 0 Å². The monoisotopic (exact) mass is 773 g/mol. The van der Waals surface area contributed by atoms with Crippen LogP contribution in [0.3, 0.4) is 0 Å². The van der Waals surface area contributed by atoms with E-state index in [1.807, 2.05) is 0 Å². The second-order valence-electron chi connectivity index (χ2n) is 13.3. The molecule has 0 unspecified atom stereocenters. The van der Waals surface area contributed by atoms with Gasteiger partial charge in [-0.2, -0.15) is 0 Å². The highest BCUT2D eigenvalue weighted by molar-refractivity contribution is 5.74. The highest BCUT2D eigenvalue weighted by Crippen LogP contribution is 2.35. The highest BCUT2D eigenvalue weighted by Gasteiger charge is 2.57. The van der Waals surface area contributed by atoms with Crippen LogP contribution in [0.4, 0.5) is 0 Å². The number of carbonyl (C=O) groups is 3. The zero-order valence-corrected chi connectivity index (χ0v) is 29.2. The van der Waals surface area contributed by atoms with Crippen LogP contribution in [0.5, 0.6) is 0 Å². The van der Waals surface area contributed by atoms with E-state index in [0.29, 0.717) is 0 Å². The number of hydrogen-bond acceptors (Lipinski definition) is 20. The average molecular weight is 774 g/mol. The van der Waals surface area contributed by atoms with Crippen molar-refractivity contribution in [2.45, 2.75) is 150 Å². The summed E-state index contributed by atoms with van der Waals surface area (Å²) in [5, 5.41) is 113. The van der Waals surface area contributed by atoms with Crippen LogP contribution < -0.4 is 16.0 Å². The zero-order chi connectivity index (χ0) is 39.5. The van der Waals surface area contributed by atoms with Crippen LogP contribution in [0.2, 0.25) is 0 Å². The summed E-state index contributed by atoms with van der Waals surface area (Å²) < 4.78 is 41.0. The summed E-state index contributed by atoms with van der Waals surface area (Å²) in [6, 6.07) is -4.66. The lowest BCUT2D eigenvalue weighted by molar-refractivity contribution is -0.375. The van der Waals surface area contributed by atoms with E-state index in [9.17, 15) is 65.4 Å². The largest absolute Gasteiger partial charge is 0.394 e. The minimum absolute atomic E-state index is 0.695. The molecule has 13 N–H and O–H groups in total. The molecule has 20 atom stereocenters. The van der Waals surface area contributed by atoms with Crippen molar-refractivity contribution < 1.29 is 98.6 Å². The van der Waals surface area contributed by atoms with Gasteiger partial charge in [-0.25, -0.2) is 0 Å². The molecule has 0 aliphatic carbocycles. The number of aliphatic hydroxyl groups is 10. The Balaban J connectivity index is 1.80. The van der Waals surface area contributed by atoms with Crippen LogP contribution in [0.1, 0.15) is 27.7 Å². The van der Waals surface area contributed by atoms with Crippen molar-refractivity contribution in [1.82, 2.24) is 16.0 Å². The molecular weight excluding hydrogens is 722 g/mol. The molecule has 0 saturated carbocycles. The Hall–Kier alpha value is -2.27. The molecule has 0 aromatic heterocycles. The first-order valence-electron chi connectivity index (χ1n) is 16.9. The molecule has 306 valence electrons. The fourth-order valence-electron chi connectivity index (χ4n) is 6.69. The number of ether oxygens (including phenoxy) is 7. The molecular formula is C30H51N3O20. The van der Waals surface area contributed by atoms with Gasteiger partial charge in [0.15, 0.2) is 25.2 Å². The van der Waals surface area contributed by atoms with Gasteiger partial charge in [0.05, 0.1) is 25.9 Å². The predicted octanol–water partition coefficient (Wildman–Crippen LogP) is -8.29. The molecule has 4 rings (SSSR count). The predicted molar refractivity (Wildman–Crippen MR) is 167 cm³/mol. The summed E-state index contributed by atoms with van der Waals surface area (Å²) in [5.41, 5.74) is 0. The lowest BCUT2D eigenvalue weighted by atomic mass is 9.93. The van der Waals surface area contributed by atoms with Crippen LogP contribution in [-0.4, -0.2) is 211 Å². The van der Waals surface area contributed by atoms with E-state index < -0.39 is 160 Å². The standard InChI is InChI=1S/C30H51N3O20/c1-8-18(40)22(44)23(45)30(47-8)53-26-17(33-11(4)39)29(52-25-16(32-10(3)38)27(46)48-13(6-35)20(25)42)50-14(7-36)24(26)51-28-15(31-9(2)37)21(43)19(41)12(5-34)49-28/h8,12-30,34-36,40-46H,5-7H2,1-4H3,(H,31,37)(H,32,38)(H,33,39)/t8-,12+,13+,14+,15+,16+,17+,18+,19-,20-,21+,22+,23-,24+,25+,26+,27-,28-,29-,30-/m0/s1. The van der Waals surface area contributed by atoms with Gasteiger partial charge in [-0.3, -0.25) is 14.4 Å². The summed E-state index contributed by atoms with van der Waals surface area (Å²) in [7, 11) is 0. The Morgan fingerprint density at radius 2 is 0.962 bits per heavy atom. The normalized spacial score (nSPS) is 46.3. The highest BCUT2D eigenvalue weighted by atomic mass is 16.8. The third kappa shape index (κ3) is 9.76. The van der Waals surface area contributed by atoms with Crippen LogP contribution >= 0.6 is 0 Å². The fourth-order valence-corrected chi connectivity index (χ4v) is 6.69. The van der Waals surface area contributed by atoms with Crippen molar-refractivity contribution in [3.63, 3.8) is 0 Å². The molecule has 0 spiro atoms. The van der Waals surface area contributed by atoms with Crippen LogP contribution in [0.15, 0.2) is 0 Å². The first-order chi connectivity index (χ1) is 24.9. The Morgan fingerprint density at radius 3 is 1.53 bits per heavy atom. The maximum Gasteiger partial charge on any atom is 0.217 e. The van der Waals surface area contributed by atoms with E-state index in [1.54, 1.807) is 0 Å². The molecule has 23 nitrogen and oxygen atoms in total. The molecule has 0 aromatic rings. The molecule has 4 aliphatic rings. The van der Waals surface area contributed by atoms with E-state index in [0.717, 1.165) is 20.8 Å². The molecule has 0 radical (unpaired) electrons. The number of aliphatic hydroxyl groups excluding tert-OH is 10. The fraction of sp³-hybridized carbons (Fsp3) is 0.900. The number of hydrogen-bond donors (Lipinski definition) is 13. The maximum atomic E-state index is 12.7. The molecule has 53 heavy (non-hydrogen) atoms. The van der Waals surface area contributed by atoms with E-state index in [1.165, 1.54) is 6.92 Å². The topological polar surface area (TPSA) is 354 Å². The first kappa shape index (κ1) is 43.5. The zero-order valence-electron chi connectivity index (χ0n) is 29.2. The molecule has 0 bridgehead atoms. The molecule has 4 fully saturated rings. The minimum atomic E-state index is -1.94. The molecule has 4 aliphatic heterocycles. The molecule has 23 heteroatoms. The molecule has 0 aromatic carbocycles. The Labute approximate surface area is 302 Å². The quantitative estimate of drug-likeness (QED) is 0.0875. The summed E-state index contributed by atoms with van der Waals surface area (Å²) >= 11 is 0. The summed E-state index contributed by atoms with van der Waals surface area (Å²) in [6.07, 6.45) is -28.5. The SMILES string of the molecule is CC(=O)N[C@@H]1[C@@H](O[C@@H]2O[C@H](CO)[C@@H](O[C@@H]3O[C@H](CO)[C@H](O)[C@H](O)[C@H]3NC(C)=O)[C@H](O[C@@H]3O[C@@H](C)[C@@H](O)[C@@H](O)[C@@H]3O)[C@H]2NC(C)=O)[C@@H](O)[C@@H](CO)O[C@@H]1O. The van der Waals surface area contributed by atoms with Gasteiger partial charge in [-0.05, 0) is 6.92 Å². The van der Waals surface area contributed by atoms with Gasteiger partial charge in [-0.15, -0.1) is 0 Å². The van der Waals surface area contributed by atoms with Gasteiger partial charge in [0.1, 0.15) is 91.4 Å². The smallest absolute Gasteiger partial charge is 0.217 e. The number of amides is 3. The maximum absolute atomic E-state index is 12.7. The van der Waals surface area contributed by atoms with Gasteiger partial charge in [-0.1, -0.05) is 0 Å². The summed E-state index contributed by atoms with van der Waals surface area (Å²) in [4.78, 5) is 36.9. The van der Waals surface area contributed by atoms with Gasteiger partial charge < -0.3 is 100 Å². The third-order valence-corrected chi connectivity index (χ3v) is 9.37. The van der Waals surface area contributed by atoms with E-state index in [2.05, 4.69) is 16.0 Å². The lowest BCUT2D eigenvalue weighted by Gasteiger charge is -2.52. The van der Waals surface area contributed by atoms with E-state index in [4.69, 9.17) is 33.2 Å². The van der Waals surface area contributed by atoms with Crippen LogP contribution in [0, 0.1) is 0 Å². The van der Waals surface area contributed by atoms with Crippen LogP contribution in [0.25, 0.3) is 0 Å². The summed E-state index contributed by atoms with van der Waals surface area (Å²) in [6.45, 7) is 2.03. The average Bonchev–Trinajstić information content (AvgIpc) is 3.09. The number of nitrogens with one attached hydrogen (secondary N) is 3. The van der Waals surface area contributed by atoms with E-state index >= 15 is 0 Å². The Bertz CT molecular complexity index is 1240. The van der Waals surface area contributed by atoms with Crippen molar-refractivity contribution in [3.05, 3.63) is 0 Å². The van der Waals surface area contributed by atoms with E-state index in [-0.39, 0.29) is 0 Å². The number of rotatable bonds is 12. The molecule has 4 saturated heterocycles. The van der Waals surface area contributed by atoms with Gasteiger partial charge in [0, 0.05) is 20.8 Å². The van der Waals surface area contributed by atoms with Gasteiger partial charge in [0.25, 0.3) is 0 Å². The second kappa shape index (κ2) is 18.6. The van der Waals surface area contributed by atoms with Crippen molar-refractivity contribution in [3.8, 4) is 0 Å². The summed E-state index contributed by atoms with van der Waals surface area (Å²) in [5.74, 6) is -2.16. The molecule has 4 heterocycles. The van der Waals surface area contributed by atoms with Crippen molar-refractivity contribution in [1.29, 1.82) is 0 Å². The lowest BCUT2D eigenvalue weighted by Crippen LogP contribution is -2.72.